The van der Waals surface area contributed by atoms with E-state index in [-0.39, 0.29) is 17.9 Å². The zero-order chi connectivity index (χ0) is 17.7. The lowest BCUT2D eigenvalue weighted by Gasteiger charge is -2.10. The number of Topliss-reactive ketones (excluding diaryl/α,β-unsaturated/α-hetero) is 1. The van der Waals surface area contributed by atoms with Gasteiger partial charge in [-0.15, -0.1) is 11.3 Å². The molecule has 1 aliphatic rings. The van der Waals surface area contributed by atoms with Crippen molar-refractivity contribution in [1.82, 2.24) is 9.55 Å². The summed E-state index contributed by atoms with van der Waals surface area (Å²) in [5, 5.41) is 0.732. The van der Waals surface area contributed by atoms with Crippen LogP contribution in [0.25, 0.3) is 10.2 Å². The van der Waals surface area contributed by atoms with Gasteiger partial charge in [0, 0.05) is 10.4 Å². The van der Waals surface area contributed by atoms with Crippen molar-refractivity contribution in [2.45, 2.75) is 46.6 Å². The lowest BCUT2D eigenvalue weighted by atomic mass is 10.0. The Morgan fingerprint density at radius 1 is 1.20 bits per heavy atom. The number of rotatable bonds is 3. The number of thiophene rings is 1. The Balaban J connectivity index is 1.77. The summed E-state index contributed by atoms with van der Waals surface area (Å²) < 4.78 is 1.53. The molecule has 25 heavy (non-hydrogen) atoms. The van der Waals surface area contributed by atoms with Crippen LogP contribution in [-0.2, 0) is 19.4 Å². The van der Waals surface area contributed by atoms with Crippen LogP contribution < -0.4 is 5.56 Å². The molecule has 0 N–H and O–H groups in total. The summed E-state index contributed by atoms with van der Waals surface area (Å²) in [6, 6.07) is 5.68. The van der Waals surface area contributed by atoms with Crippen molar-refractivity contribution < 1.29 is 4.79 Å². The Bertz CT molecular complexity index is 1080. The lowest BCUT2D eigenvalue weighted by Crippen LogP contribution is -2.27. The summed E-state index contributed by atoms with van der Waals surface area (Å²) in [5.74, 6) is 0.552. The van der Waals surface area contributed by atoms with E-state index >= 15 is 0 Å². The van der Waals surface area contributed by atoms with Crippen molar-refractivity contribution >= 4 is 27.3 Å². The number of fused-ring (bicyclic) bond motifs is 3. The normalized spacial score (nSPS) is 13.4. The molecule has 5 heteroatoms. The summed E-state index contributed by atoms with van der Waals surface area (Å²) in [4.78, 5) is 32.5. The smallest absolute Gasteiger partial charge is 0.262 e. The van der Waals surface area contributed by atoms with Crippen LogP contribution in [0.3, 0.4) is 0 Å². The first kappa shape index (κ1) is 16.2. The zero-order valence-corrected chi connectivity index (χ0v) is 15.5. The molecule has 2 aromatic heterocycles. The summed E-state index contributed by atoms with van der Waals surface area (Å²) in [5.41, 5.74) is 3.97. The molecule has 3 aromatic rings. The van der Waals surface area contributed by atoms with Crippen LogP contribution in [-0.4, -0.2) is 15.3 Å². The molecule has 0 spiro atoms. The number of aromatic nitrogens is 2. The molecular formula is C20H20N2O2S. The third-order valence-electron chi connectivity index (χ3n) is 5.15. The highest BCUT2D eigenvalue weighted by Gasteiger charge is 2.23. The average Bonchev–Trinajstić information content (AvgIpc) is 3.14. The van der Waals surface area contributed by atoms with Gasteiger partial charge in [0.25, 0.3) is 5.56 Å². The number of ketones is 1. The number of hydrogen-bond donors (Lipinski definition) is 0. The minimum Gasteiger partial charge on any atom is -0.292 e. The van der Waals surface area contributed by atoms with E-state index < -0.39 is 0 Å². The first-order valence-electron chi connectivity index (χ1n) is 8.58. The molecule has 1 aromatic carbocycles. The van der Waals surface area contributed by atoms with E-state index in [0.717, 1.165) is 46.2 Å². The van der Waals surface area contributed by atoms with Gasteiger partial charge in [0.1, 0.15) is 10.7 Å². The maximum Gasteiger partial charge on any atom is 0.262 e. The first-order valence-corrected chi connectivity index (χ1v) is 9.39. The van der Waals surface area contributed by atoms with Crippen molar-refractivity contribution in [3.05, 3.63) is 61.5 Å². The standard InChI is InChI=1S/C20H20N2O2S/c1-11-7-8-14(9-12(11)2)16(23)10-22-13(3)21-19-18(20(22)24)15-5-4-6-17(15)25-19/h7-9H,4-6,10H2,1-3H3. The average molecular weight is 352 g/mol. The Hall–Kier alpha value is -2.27. The van der Waals surface area contributed by atoms with Gasteiger partial charge in [0.15, 0.2) is 5.78 Å². The highest BCUT2D eigenvalue weighted by Crippen LogP contribution is 2.34. The summed E-state index contributed by atoms with van der Waals surface area (Å²) in [6.45, 7) is 5.86. The number of carbonyl (C=O) groups is 1. The molecule has 2 heterocycles. The van der Waals surface area contributed by atoms with Gasteiger partial charge in [0.2, 0.25) is 0 Å². The number of benzene rings is 1. The second kappa shape index (κ2) is 5.92. The topological polar surface area (TPSA) is 52.0 Å². The SMILES string of the molecule is Cc1ccc(C(=O)Cn2c(C)nc3sc4c(c3c2=O)CCC4)cc1C. The summed E-state index contributed by atoms with van der Waals surface area (Å²) >= 11 is 1.63. The van der Waals surface area contributed by atoms with Crippen LogP contribution >= 0.6 is 11.3 Å². The maximum atomic E-state index is 13.0. The van der Waals surface area contributed by atoms with E-state index in [1.807, 2.05) is 32.0 Å². The van der Waals surface area contributed by atoms with Crippen molar-refractivity contribution in [2.24, 2.45) is 0 Å². The monoisotopic (exact) mass is 352 g/mol. The van der Waals surface area contributed by atoms with E-state index in [0.29, 0.717) is 11.4 Å². The van der Waals surface area contributed by atoms with Gasteiger partial charge in [-0.3, -0.25) is 14.2 Å². The molecule has 4 rings (SSSR count). The van der Waals surface area contributed by atoms with Gasteiger partial charge in [-0.2, -0.15) is 0 Å². The maximum absolute atomic E-state index is 13.0. The van der Waals surface area contributed by atoms with Crippen LogP contribution in [0.2, 0.25) is 0 Å². The van der Waals surface area contributed by atoms with Crippen molar-refractivity contribution in [2.75, 3.05) is 0 Å². The van der Waals surface area contributed by atoms with Gasteiger partial charge in [0.05, 0.1) is 11.9 Å². The Morgan fingerprint density at radius 2 is 2.00 bits per heavy atom. The van der Waals surface area contributed by atoms with E-state index in [4.69, 9.17) is 0 Å². The molecule has 128 valence electrons. The van der Waals surface area contributed by atoms with Crippen LogP contribution in [0.1, 0.15) is 44.2 Å². The third kappa shape index (κ3) is 2.63. The number of carbonyl (C=O) groups excluding carboxylic acids is 1. The molecular weight excluding hydrogens is 332 g/mol. The molecule has 0 saturated carbocycles. The Labute approximate surface area is 150 Å². The van der Waals surface area contributed by atoms with E-state index in [1.54, 1.807) is 18.3 Å². The van der Waals surface area contributed by atoms with Crippen molar-refractivity contribution in [3.63, 3.8) is 0 Å². The molecule has 0 bridgehead atoms. The van der Waals surface area contributed by atoms with E-state index in [1.165, 1.54) is 9.44 Å². The fourth-order valence-corrected chi connectivity index (χ4v) is 4.81. The predicted octanol–water partition coefficient (Wildman–Crippen LogP) is 3.75. The number of nitrogens with zero attached hydrogens (tertiary/aromatic N) is 2. The van der Waals surface area contributed by atoms with Gasteiger partial charge in [-0.1, -0.05) is 12.1 Å². The van der Waals surface area contributed by atoms with Crippen LogP contribution in [0.15, 0.2) is 23.0 Å². The molecule has 0 fully saturated rings. The molecule has 0 radical (unpaired) electrons. The summed E-state index contributed by atoms with van der Waals surface area (Å²) in [6.07, 6.45) is 3.09. The fraction of sp³-hybridized carbons (Fsp3) is 0.350. The predicted molar refractivity (Wildman–Crippen MR) is 101 cm³/mol. The Morgan fingerprint density at radius 3 is 2.76 bits per heavy atom. The molecule has 1 aliphatic carbocycles. The van der Waals surface area contributed by atoms with Gasteiger partial charge in [-0.25, -0.2) is 4.98 Å². The molecule has 0 saturated heterocycles. The van der Waals surface area contributed by atoms with E-state index in [9.17, 15) is 9.59 Å². The minimum atomic E-state index is -0.0703. The van der Waals surface area contributed by atoms with Crippen LogP contribution in [0.5, 0.6) is 0 Å². The quantitative estimate of drug-likeness (QED) is 0.675. The second-order valence-electron chi connectivity index (χ2n) is 6.81. The van der Waals surface area contributed by atoms with Gasteiger partial charge < -0.3 is 0 Å². The molecule has 0 unspecified atom stereocenters. The van der Waals surface area contributed by atoms with Crippen molar-refractivity contribution in [3.8, 4) is 0 Å². The highest BCUT2D eigenvalue weighted by molar-refractivity contribution is 7.18. The number of hydrogen-bond acceptors (Lipinski definition) is 4. The van der Waals surface area contributed by atoms with E-state index in [2.05, 4.69) is 4.98 Å². The first-order chi connectivity index (χ1) is 12.0. The number of aryl methyl sites for hydroxylation is 5. The lowest BCUT2D eigenvalue weighted by molar-refractivity contribution is 0.0969. The third-order valence-corrected chi connectivity index (χ3v) is 6.33. The molecule has 0 amide bonds. The molecule has 0 aliphatic heterocycles. The second-order valence-corrected chi connectivity index (χ2v) is 7.89. The van der Waals surface area contributed by atoms with Crippen LogP contribution in [0, 0.1) is 20.8 Å². The van der Waals surface area contributed by atoms with Gasteiger partial charge >= 0.3 is 0 Å². The summed E-state index contributed by atoms with van der Waals surface area (Å²) in [7, 11) is 0. The highest BCUT2D eigenvalue weighted by atomic mass is 32.1. The zero-order valence-electron chi connectivity index (χ0n) is 14.7. The largest absolute Gasteiger partial charge is 0.292 e. The molecule has 0 atom stereocenters. The fourth-order valence-electron chi connectivity index (χ4n) is 3.51. The minimum absolute atomic E-state index is 0.0424. The van der Waals surface area contributed by atoms with Gasteiger partial charge in [-0.05, 0) is 62.8 Å². The van der Waals surface area contributed by atoms with Crippen molar-refractivity contribution in [1.29, 1.82) is 0 Å². The molecule has 4 nitrogen and oxygen atoms in total. The Kier molecular flexibility index (Phi) is 3.84. The van der Waals surface area contributed by atoms with Crippen LogP contribution in [0.4, 0.5) is 0 Å².